The maximum atomic E-state index is 13.6. The molecule has 9 nitrogen and oxygen atoms in total. The van der Waals surface area contributed by atoms with Crippen molar-refractivity contribution in [1.29, 1.82) is 0 Å². The van der Waals surface area contributed by atoms with Gasteiger partial charge in [-0.2, -0.15) is 0 Å². The monoisotopic (exact) mass is 584 g/mol. The van der Waals surface area contributed by atoms with Gasteiger partial charge in [-0.25, -0.2) is 4.99 Å². The molecule has 0 aliphatic carbocycles. The number of piperazine rings is 1. The van der Waals surface area contributed by atoms with Gasteiger partial charge >= 0.3 is 0 Å². The molecule has 42 heavy (non-hydrogen) atoms. The molecule has 216 valence electrons. The number of benzene rings is 3. The van der Waals surface area contributed by atoms with Crippen molar-refractivity contribution in [3.63, 3.8) is 0 Å². The number of nitrogens with zero attached hydrogens (tertiary/aromatic N) is 4. The van der Waals surface area contributed by atoms with Crippen LogP contribution in [0.25, 0.3) is 6.08 Å². The summed E-state index contributed by atoms with van der Waals surface area (Å²) in [5, 5.41) is 0.447. The van der Waals surface area contributed by atoms with E-state index >= 15 is 0 Å². The van der Waals surface area contributed by atoms with Crippen molar-refractivity contribution in [2.75, 3.05) is 56.0 Å². The Morgan fingerprint density at radius 1 is 0.905 bits per heavy atom. The minimum Gasteiger partial charge on any atom is -0.497 e. The summed E-state index contributed by atoms with van der Waals surface area (Å²) in [6.45, 7) is 4.12. The average molecular weight is 585 g/mol. The van der Waals surface area contributed by atoms with Gasteiger partial charge in [0.05, 0.1) is 25.7 Å². The highest BCUT2D eigenvalue weighted by molar-refractivity contribution is 8.14. The fourth-order valence-electron chi connectivity index (χ4n) is 4.82. The van der Waals surface area contributed by atoms with Crippen LogP contribution < -0.4 is 19.3 Å². The van der Waals surface area contributed by atoms with Crippen LogP contribution in [0.1, 0.15) is 22.8 Å². The Hall–Kier alpha value is -4.57. The van der Waals surface area contributed by atoms with E-state index in [0.717, 1.165) is 5.69 Å². The maximum Gasteiger partial charge on any atom is 0.283 e. The van der Waals surface area contributed by atoms with Gasteiger partial charge in [-0.1, -0.05) is 30.0 Å². The minimum atomic E-state index is -0.279. The van der Waals surface area contributed by atoms with E-state index in [0.29, 0.717) is 59.7 Å². The molecule has 1 saturated heterocycles. The predicted octanol–water partition coefficient (Wildman–Crippen LogP) is 4.73. The molecule has 5 rings (SSSR count). The summed E-state index contributed by atoms with van der Waals surface area (Å²) in [5.41, 5.74) is 3.34. The molecule has 0 saturated carbocycles. The van der Waals surface area contributed by atoms with Crippen LogP contribution in [0.5, 0.6) is 11.5 Å². The highest BCUT2D eigenvalue weighted by Crippen LogP contribution is 2.32. The Morgan fingerprint density at radius 2 is 1.62 bits per heavy atom. The van der Waals surface area contributed by atoms with Gasteiger partial charge in [0.25, 0.3) is 5.91 Å². The number of rotatable bonds is 8. The third-order valence-electron chi connectivity index (χ3n) is 7.17. The molecule has 0 atom stereocenters. The number of ether oxygens (including phenoxy) is 2. The van der Waals surface area contributed by atoms with Gasteiger partial charge < -0.3 is 19.3 Å². The molecule has 2 aliphatic heterocycles. The topological polar surface area (TPSA) is 91.8 Å². The van der Waals surface area contributed by atoms with Gasteiger partial charge in [0, 0.05) is 49.1 Å². The van der Waals surface area contributed by atoms with E-state index in [9.17, 15) is 14.4 Å². The molecule has 0 N–H and O–H groups in total. The average Bonchev–Trinajstić information content (AvgIpc) is 3.34. The molecular weight excluding hydrogens is 552 g/mol. The van der Waals surface area contributed by atoms with Gasteiger partial charge in [-0.15, -0.1) is 0 Å². The first-order chi connectivity index (χ1) is 20.4. The SMILES string of the molecule is COc1ccc(/C=C2/N=C(SCC(=O)N3CCN(c4ccc(C(C)=O)cc4)CC3)N(c3ccccc3)C2=O)c(OC)c1. The zero-order valence-corrected chi connectivity index (χ0v) is 24.6. The van der Waals surface area contributed by atoms with Crippen LogP contribution in [0.15, 0.2) is 83.5 Å². The Kier molecular flexibility index (Phi) is 8.92. The lowest BCUT2D eigenvalue weighted by atomic mass is 10.1. The second-order valence-corrected chi connectivity index (χ2v) is 10.7. The molecule has 0 unspecified atom stereocenters. The van der Waals surface area contributed by atoms with Gasteiger partial charge in [-0.3, -0.25) is 19.3 Å². The number of amides is 2. The Bertz CT molecular complexity index is 1530. The lowest BCUT2D eigenvalue weighted by molar-refractivity contribution is -0.128. The fourth-order valence-corrected chi connectivity index (χ4v) is 5.74. The predicted molar refractivity (Wildman–Crippen MR) is 167 cm³/mol. The third kappa shape index (κ3) is 6.33. The second kappa shape index (κ2) is 12.9. The number of Topliss-reactive ketones (excluding diaryl/α,β-unsaturated/α-hetero) is 1. The molecule has 2 amide bonds. The summed E-state index contributed by atoms with van der Waals surface area (Å²) in [5.74, 6) is 1.10. The van der Waals surface area contributed by atoms with Crippen molar-refractivity contribution in [1.82, 2.24) is 4.90 Å². The Balaban J connectivity index is 1.28. The van der Waals surface area contributed by atoms with Gasteiger partial charge in [0.15, 0.2) is 11.0 Å². The quantitative estimate of drug-likeness (QED) is 0.279. The summed E-state index contributed by atoms with van der Waals surface area (Å²) in [7, 11) is 3.14. The van der Waals surface area contributed by atoms with E-state index in [2.05, 4.69) is 9.89 Å². The second-order valence-electron chi connectivity index (χ2n) is 9.77. The molecule has 10 heteroatoms. The Morgan fingerprint density at radius 3 is 2.26 bits per heavy atom. The highest BCUT2D eigenvalue weighted by atomic mass is 32.2. The summed E-state index contributed by atoms with van der Waals surface area (Å²) in [6.07, 6.45) is 1.69. The van der Waals surface area contributed by atoms with E-state index in [1.807, 2.05) is 65.6 Å². The molecule has 0 radical (unpaired) electrons. The number of ketones is 1. The molecule has 0 spiro atoms. The number of aliphatic imine (C=N–C) groups is 1. The lowest BCUT2D eigenvalue weighted by Crippen LogP contribution is -2.49. The number of thioether (sulfide) groups is 1. The van der Waals surface area contributed by atoms with Crippen molar-refractivity contribution in [2.45, 2.75) is 6.92 Å². The summed E-state index contributed by atoms with van der Waals surface area (Å²) in [4.78, 5) is 48.6. The van der Waals surface area contributed by atoms with Crippen LogP contribution in [-0.4, -0.2) is 73.8 Å². The van der Waals surface area contributed by atoms with E-state index in [1.165, 1.54) is 11.8 Å². The lowest BCUT2D eigenvalue weighted by Gasteiger charge is -2.36. The first-order valence-corrected chi connectivity index (χ1v) is 14.5. The molecule has 0 bridgehead atoms. The fraction of sp³-hybridized carbons (Fsp3) is 0.250. The van der Waals surface area contributed by atoms with Crippen LogP contribution >= 0.6 is 11.8 Å². The Labute approximate surface area is 249 Å². The van der Waals surface area contributed by atoms with Gasteiger partial charge in [-0.05, 0) is 61.5 Å². The largest absolute Gasteiger partial charge is 0.497 e. The number of carbonyl (C=O) groups is 3. The van der Waals surface area contributed by atoms with Crippen LogP contribution in [0.3, 0.4) is 0 Å². The van der Waals surface area contributed by atoms with Crippen molar-refractivity contribution in [3.8, 4) is 11.5 Å². The normalized spacial score (nSPS) is 16.1. The van der Waals surface area contributed by atoms with Crippen molar-refractivity contribution >= 4 is 52.0 Å². The minimum absolute atomic E-state index is 0.0102. The smallest absolute Gasteiger partial charge is 0.283 e. The third-order valence-corrected chi connectivity index (χ3v) is 8.10. The first-order valence-electron chi connectivity index (χ1n) is 13.6. The van der Waals surface area contributed by atoms with E-state index in [-0.39, 0.29) is 29.0 Å². The number of hydrogen-bond donors (Lipinski definition) is 0. The molecule has 0 aromatic heterocycles. The van der Waals surface area contributed by atoms with Gasteiger partial charge in [0.2, 0.25) is 5.91 Å². The standard InChI is InChI=1S/C32H32N4O5S/c1-22(37)23-9-12-25(13-10-23)34-15-17-35(18-16-34)30(38)21-42-32-33-28(31(39)36(32)26-7-5-4-6-8-26)19-24-11-14-27(40-2)20-29(24)41-3/h4-14,19-20H,15-18,21H2,1-3H3/b28-19+. The van der Waals surface area contributed by atoms with Crippen LogP contribution in [-0.2, 0) is 9.59 Å². The van der Waals surface area contributed by atoms with Crippen LogP contribution in [0, 0.1) is 0 Å². The zero-order valence-electron chi connectivity index (χ0n) is 23.8. The van der Waals surface area contributed by atoms with E-state index in [4.69, 9.17) is 9.47 Å². The number of anilines is 2. The van der Waals surface area contributed by atoms with E-state index < -0.39 is 0 Å². The van der Waals surface area contributed by atoms with Gasteiger partial charge in [0.1, 0.15) is 17.2 Å². The summed E-state index contributed by atoms with van der Waals surface area (Å²) < 4.78 is 10.8. The summed E-state index contributed by atoms with van der Waals surface area (Å²) >= 11 is 1.25. The molecule has 2 aliphatic rings. The summed E-state index contributed by atoms with van der Waals surface area (Å²) in [6, 6.07) is 22.2. The van der Waals surface area contributed by atoms with Crippen LogP contribution in [0.2, 0.25) is 0 Å². The molecule has 1 fully saturated rings. The number of carbonyl (C=O) groups excluding carboxylic acids is 3. The van der Waals surface area contributed by atoms with E-state index in [1.54, 1.807) is 44.3 Å². The number of para-hydroxylation sites is 1. The molecule has 3 aromatic rings. The number of hydrogen-bond acceptors (Lipinski definition) is 8. The number of methoxy groups -OCH3 is 2. The van der Waals surface area contributed by atoms with Crippen molar-refractivity contribution < 1.29 is 23.9 Å². The molecular formula is C32H32N4O5S. The van der Waals surface area contributed by atoms with Crippen molar-refractivity contribution in [2.24, 2.45) is 4.99 Å². The van der Waals surface area contributed by atoms with Crippen molar-refractivity contribution in [3.05, 3.63) is 89.6 Å². The highest BCUT2D eigenvalue weighted by Gasteiger charge is 2.33. The number of amidine groups is 1. The first kappa shape index (κ1) is 28.9. The molecule has 2 heterocycles. The van der Waals surface area contributed by atoms with Crippen LogP contribution in [0.4, 0.5) is 11.4 Å². The maximum absolute atomic E-state index is 13.6. The zero-order chi connectivity index (χ0) is 29.6. The molecule has 3 aromatic carbocycles.